The number of rotatable bonds is 20. The largest absolute Gasteiger partial charge is 0.461 e. The smallest absolute Gasteiger partial charge is 0.354 e. The van der Waals surface area contributed by atoms with Crippen molar-refractivity contribution in [3.8, 4) is 0 Å². The molecule has 1 atom stereocenters. The van der Waals surface area contributed by atoms with E-state index in [9.17, 15) is 9.18 Å². The van der Waals surface area contributed by atoms with Crippen molar-refractivity contribution < 1.29 is 13.9 Å². The number of ether oxygens (including phenoxy) is 1. The Kier molecular flexibility index (Phi) is 16.4. The van der Waals surface area contributed by atoms with Gasteiger partial charge in [-0.1, -0.05) is 96.8 Å². The Morgan fingerprint density at radius 3 is 1.93 bits per heavy atom. The first-order chi connectivity index (χ1) is 14.7. The number of unbranched alkanes of at least 4 members (excludes halogenated alkanes) is 13. The normalized spacial score (nSPS) is 12.2. The predicted octanol–water partition coefficient (Wildman–Crippen LogP) is 8.26. The standard InChI is InChI=1S/C26H46FNO2/c1-3-5-6-7-8-9-10-11-12-13-14-15-16-17-19-24(27)21-23-28-22-18-20-25(28)26(29)30-4-2/h18,20,22,24H,3-17,19,21,23H2,1-2H3. The molecule has 0 aliphatic rings. The first-order valence-corrected chi connectivity index (χ1v) is 12.6. The molecule has 3 nitrogen and oxygen atoms in total. The van der Waals surface area contributed by atoms with Gasteiger partial charge in [0.1, 0.15) is 11.9 Å². The summed E-state index contributed by atoms with van der Waals surface area (Å²) in [6, 6.07) is 3.55. The molecule has 0 aliphatic carbocycles. The molecule has 1 unspecified atom stereocenters. The minimum absolute atomic E-state index is 0.329. The number of carbonyl (C=O) groups is 1. The summed E-state index contributed by atoms with van der Waals surface area (Å²) in [7, 11) is 0. The summed E-state index contributed by atoms with van der Waals surface area (Å²) in [6.45, 7) is 4.94. The van der Waals surface area contributed by atoms with Crippen molar-refractivity contribution in [2.45, 2.75) is 129 Å². The zero-order valence-corrected chi connectivity index (χ0v) is 19.7. The molecule has 0 amide bonds. The first kappa shape index (κ1) is 26.7. The van der Waals surface area contributed by atoms with Gasteiger partial charge < -0.3 is 9.30 Å². The number of aryl methyl sites for hydroxylation is 1. The van der Waals surface area contributed by atoms with E-state index in [2.05, 4.69) is 6.92 Å². The topological polar surface area (TPSA) is 31.2 Å². The maximum atomic E-state index is 14.2. The van der Waals surface area contributed by atoms with Gasteiger partial charge in [-0.2, -0.15) is 0 Å². The Morgan fingerprint density at radius 1 is 0.867 bits per heavy atom. The van der Waals surface area contributed by atoms with E-state index < -0.39 is 6.17 Å². The second-order valence-electron chi connectivity index (χ2n) is 8.58. The van der Waals surface area contributed by atoms with Crippen molar-refractivity contribution in [1.29, 1.82) is 0 Å². The highest BCUT2D eigenvalue weighted by molar-refractivity contribution is 5.87. The van der Waals surface area contributed by atoms with Gasteiger partial charge in [-0.15, -0.1) is 0 Å². The summed E-state index contributed by atoms with van der Waals surface area (Å²) in [4.78, 5) is 11.9. The van der Waals surface area contributed by atoms with Crippen LogP contribution in [-0.4, -0.2) is 23.3 Å². The monoisotopic (exact) mass is 423 g/mol. The molecular weight excluding hydrogens is 377 g/mol. The molecule has 1 aromatic rings. The SMILES string of the molecule is CCCCCCCCCCCCCCCCC(F)CCn1cccc1C(=O)OCC. The van der Waals surface area contributed by atoms with Gasteiger partial charge in [-0.25, -0.2) is 9.18 Å². The zero-order chi connectivity index (χ0) is 21.9. The number of hydrogen-bond donors (Lipinski definition) is 0. The first-order valence-electron chi connectivity index (χ1n) is 12.6. The van der Waals surface area contributed by atoms with Crippen molar-refractivity contribution in [1.82, 2.24) is 4.57 Å². The molecular formula is C26H46FNO2. The Morgan fingerprint density at radius 2 is 1.40 bits per heavy atom. The Labute approximate surface area is 184 Å². The lowest BCUT2D eigenvalue weighted by atomic mass is 10.0. The number of halogens is 1. The molecule has 4 heteroatoms. The van der Waals surface area contributed by atoms with E-state index in [1.54, 1.807) is 17.6 Å². The number of carbonyl (C=O) groups excluding carboxylic acids is 1. The van der Waals surface area contributed by atoms with Gasteiger partial charge in [0.2, 0.25) is 0 Å². The van der Waals surface area contributed by atoms with E-state index in [0.29, 0.717) is 31.7 Å². The number of hydrogen-bond acceptors (Lipinski definition) is 2. The molecule has 0 N–H and O–H groups in total. The molecule has 0 saturated heterocycles. The van der Waals surface area contributed by atoms with Crippen LogP contribution >= 0.6 is 0 Å². The average Bonchev–Trinajstić information content (AvgIpc) is 3.21. The second-order valence-corrected chi connectivity index (χ2v) is 8.58. The van der Waals surface area contributed by atoms with E-state index in [1.807, 2.05) is 12.3 Å². The molecule has 0 aromatic carbocycles. The Hall–Kier alpha value is -1.32. The molecule has 1 heterocycles. The van der Waals surface area contributed by atoms with E-state index in [1.165, 1.54) is 77.0 Å². The van der Waals surface area contributed by atoms with Crippen LogP contribution in [0.3, 0.4) is 0 Å². The second kappa shape index (κ2) is 18.4. The van der Waals surface area contributed by atoms with E-state index >= 15 is 0 Å². The van der Waals surface area contributed by atoms with Gasteiger partial charge in [0, 0.05) is 12.7 Å². The fraction of sp³-hybridized carbons (Fsp3) is 0.808. The van der Waals surface area contributed by atoms with Gasteiger partial charge >= 0.3 is 5.97 Å². The lowest BCUT2D eigenvalue weighted by Gasteiger charge is -2.11. The van der Waals surface area contributed by atoms with Gasteiger partial charge in [0.05, 0.1) is 6.61 Å². The quantitative estimate of drug-likeness (QED) is 0.156. The fourth-order valence-electron chi connectivity index (χ4n) is 3.98. The van der Waals surface area contributed by atoms with Crippen LogP contribution < -0.4 is 0 Å². The fourth-order valence-corrected chi connectivity index (χ4v) is 3.98. The molecule has 0 fully saturated rings. The number of alkyl halides is 1. The number of nitrogens with zero attached hydrogens (tertiary/aromatic N) is 1. The maximum absolute atomic E-state index is 14.2. The van der Waals surface area contributed by atoms with Crippen molar-refractivity contribution in [3.63, 3.8) is 0 Å². The molecule has 0 bridgehead atoms. The van der Waals surface area contributed by atoms with Gasteiger partial charge in [0.25, 0.3) is 0 Å². The molecule has 0 aliphatic heterocycles. The number of aromatic nitrogens is 1. The van der Waals surface area contributed by atoms with Crippen LogP contribution in [0.4, 0.5) is 4.39 Å². The average molecular weight is 424 g/mol. The van der Waals surface area contributed by atoms with Crippen molar-refractivity contribution in [2.75, 3.05) is 6.61 Å². The Balaban J connectivity index is 1.93. The van der Waals surface area contributed by atoms with E-state index in [4.69, 9.17) is 4.74 Å². The minimum atomic E-state index is -0.792. The molecule has 0 spiro atoms. The lowest BCUT2D eigenvalue weighted by molar-refractivity contribution is 0.0513. The van der Waals surface area contributed by atoms with Gasteiger partial charge in [-0.3, -0.25) is 0 Å². The van der Waals surface area contributed by atoms with Crippen LogP contribution in [0.25, 0.3) is 0 Å². The van der Waals surface area contributed by atoms with Gasteiger partial charge in [0.15, 0.2) is 0 Å². The summed E-state index contributed by atoms with van der Waals surface area (Å²) in [5, 5.41) is 0. The summed E-state index contributed by atoms with van der Waals surface area (Å²) in [5.41, 5.74) is 0.514. The summed E-state index contributed by atoms with van der Waals surface area (Å²) in [5.74, 6) is -0.329. The zero-order valence-electron chi connectivity index (χ0n) is 19.7. The van der Waals surface area contributed by atoms with Crippen LogP contribution in [0.15, 0.2) is 18.3 Å². The van der Waals surface area contributed by atoms with E-state index in [0.717, 1.165) is 12.8 Å². The molecule has 0 saturated carbocycles. The summed E-state index contributed by atoms with van der Waals surface area (Å²) < 4.78 is 21.0. The van der Waals surface area contributed by atoms with Crippen LogP contribution in [0.2, 0.25) is 0 Å². The minimum Gasteiger partial charge on any atom is -0.461 e. The molecule has 1 rings (SSSR count). The van der Waals surface area contributed by atoms with Crippen molar-refractivity contribution >= 4 is 5.97 Å². The van der Waals surface area contributed by atoms with Crippen LogP contribution in [0.5, 0.6) is 0 Å². The van der Waals surface area contributed by atoms with Crippen LogP contribution in [-0.2, 0) is 11.3 Å². The van der Waals surface area contributed by atoms with Gasteiger partial charge in [-0.05, 0) is 31.9 Å². The highest BCUT2D eigenvalue weighted by Gasteiger charge is 2.13. The molecule has 0 radical (unpaired) electrons. The third-order valence-electron chi connectivity index (χ3n) is 5.87. The van der Waals surface area contributed by atoms with E-state index in [-0.39, 0.29) is 5.97 Å². The Bertz CT molecular complexity index is 529. The molecule has 1 aromatic heterocycles. The lowest BCUT2D eigenvalue weighted by Crippen LogP contribution is -2.14. The predicted molar refractivity (Wildman–Crippen MR) is 125 cm³/mol. The molecule has 30 heavy (non-hydrogen) atoms. The highest BCUT2D eigenvalue weighted by Crippen LogP contribution is 2.16. The molecule has 174 valence electrons. The highest BCUT2D eigenvalue weighted by atomic mass is 19.1. The van der Waals surface area contributed by atoms with Crippen LogP contribution in [0, 0.1) is 0 Å². The third-order valence-corrected chi connectivity index (χ3v) is 5.87. The van der Waals surface area contributed by atoms with Crippen molar-refractivity contribution in [2.24, 2.45) is 0 Å². The summed E-state index contributed by atoms with van der Waals surface area (Å²) in [6.07, 6.45) is 20.6. The van der Waals surface area contributed by atoms with Crippen molar-refractivity contribution in [3.05, 3.63) is 24.0 Å². The third kappa shape index (κ3) is 13.1. The summed E-state index contributed by atoms with van der Waals surface area (Å²) >= 11 is 0. The van der Waals surface area contributed by atoms with Crippen LogP contribution in [0.1, 0.15) is 127 Å². The maximum Gasteiger partial charge on any atom is 0.354 e. The number of esters is 1.